The Morgan fingerprint density at radius 3 is 1.64 bits per heavy atom. The Morgan fingerprint density at radius 2 is 1.05 bits per heavy atom. The molecule has 6 rings (SSSR count). The number of amides is 1. The van der Waals surface area contributed by atoms with Gasteiger partial charge in [0.05, 0.1) is 70.1 Å². The van der Waals surface area contributed by atoms with Crippen molar-refractivity contribution in [3.8, 4) is 0 Å². The van der Waals surface area contributed by atoms with Crippen LogP contribution in [0.2, 0.25) is 0 Å². The van der Waals surface area contributed by atoms with Gasteiger partial charge in [0.25, 0.3) is 0 Å². The van der Waals surface area contributed by atoms with Crippen LogP contribution in [0.25, 0.3) is 6.08 Å². The van der Waals surface area contributed by atoms with Gasteiger partial charge < -0.3 is 134 Å². The SMILES string of the molecule is CCCCCCCCCCCCCCCCCC(=O)N[C@@H](CO[C@@H]1OC(CO)[C@@H](O[C@@H]2OC(CO)[C@H](O[C@@H]3OC(CO)[C@H](O)[C@H](O[C@@H]4OC(CO)[C@H](O)[C@H](O)C4O)C3C)[C@H](OC3C[C@@H](O)[C@@H](C)C([C@H](O)[C@H](O)CO)O3)C2O)[C@H](O)C1O)[C@H](O)[C@@H](/C=C/c1ccccc1)CC. The average molecular weight is 1350 g/mol. The Labute approximate surface area is 551 Å². The second-order valence-corrected chi connectivity index (χ2v) is 26.1. The first kappa shape index (κ1) is 80.4. The highest BCUT2D eigenvalue weighted by Crippen LogP contribution is 2.39. The number of unbranched alkanes of at least 4 members (excludes halogenated alkanes) is 14. The molecule has 1 amide bonds. The van der Waals surface area contributed by atoms with E-state index in [1.165, 1.54) is 78.1 Å². The van der Waals surface area contributed by atoms with E-state index in [9.17, 15) is 86.5 Å². The molecule has 5 heterocycles. The molecular formula is C66H113NO27. The minimum absolute atomic E-state index is 0.176. The number of carbonyl (C=O) groups is 1. The third-order valence-corrected chi connectivity index (χ3v) is 19.0. The molecule has 0 saturated carbocycles. The number of aliphatic hydroxyl groups is 16. The zero-order valence-corrected chi connectivity index (χ0v) is 54.9. The van der Waals surface area contributed by atoms with E-state index in [1.54, 1.807) is 0 Å². The van der Waals surface area contributed by atoms with E-state index in [0.29, 0.717) is 12.8 Å². The topological polar surface area (TPSA) is 445 Å². The molecule has 28 nitrogen and oxygen atoms in total. The lowest BCUT2D eigenvalue weighted by atomic mass is 9.87. The Hall–Kier alpha value is -2.61. The number of nitrogens with one attached hydrogen (secondary N) is 1. The lowest BCUT2D eigenvalue weighted by molar-refractivity contribution is -0.397. The van der Waals surface area contributed by atoms with Gasteiger partial charge in [-0.05, 0) is 18.4 Å². The predicted molar refractivity (Wildman–Crippen MR) is 334 cm³/mol. The second kappa shape index (κ2) is 41.2. The van der Waals surface area contributed by atoms with E-state index >= 15 is 0 Å². The Morgan fingerprint density at radius 1 is 0.543 bits per heavy atom. The van der Waals surface area contributed by atoms with Crippen LogP contribution in [-0.4, -0.2) is 287 Å². The van der Waals surface area contributed by atoms with E-state index in [1.807, 2.05) is 49.4 Å². The summed E-state index contributed by atoms with van der Waals surface area (Å²) >= 11 is 0. The molecule has 0 radical (unpaired) electrons. The van der Waals surface area contributed by atoms with Crippen molar-refractivity contribution in [2.24, 2.45) is 17.8 Å². The molecule has 29 atom stereocenters. The molecular weight excluding hydrogens is 1240 g/mol. The zero-order chi connectivity index (χ0) is 68.6. The molecule has 17 N–H and O–H groups in total. The van der Waals surface area contributed by atoms with Gasteiger partial charge in [-0.15, -0.1) is 0 Å². The number of hydrogen-bond acceptors (Lipinski definition) is 27. The molecule has 5 fully saturated rings. The monoisotopic (exact) mass is 1350 g/mol. The molecule has 5 saturated heterocycles. The normalized spacial score (nSPS) is 37.4. The van der Waals surface area contributed by atoms with Gasteiger partial charge in [-0.3, -0.25) is 4.79 Å². The van der Waals surface area contributed by atoms with Gasteiger partial charge >= 0.3 is 0 Å². The minimum atomic E-state index is -2.11. The summed E-state index contributed by atoms with van der Waals surface area (Å²) in [5, 5.41) is 179. The molecule has 0 aliphatic carbocycles. The first-order chi connectivity index (χ1) is 45.2. The van der Waals surface area contributed by atoms with Crippen LogP contribution in [0.5, 0.6) is 0 Å². The molecule has 10 unspecified atom stereocenters. The van der Waals surface area contributed by atoms with E-state index in [0.717, 1.165) is 31.2 Å². The van der Waals surface area contributed by atoms with E-state index in [4.69, 9.17) is 47.4 Å². The summed E-state index contributed by atoms with van der Waals surface area (Å²) in [6.45, 7) is 2.13. The van der Waals surface area contributed by atoms with Crippen LogP contribution in [0.1, 0.15) is 149 Å². The van der Waals surface area contributed by atoms with Crippen LogP contribution in [0.3, 0.4) is 0 Å². The minimum Gasteiger partial charge on any atom is -0.394 e. The summed E-state index contributed by atoms with van der Waals surface area (Å²) in [4.78, 5) is 13.7. The first-order valence-corrected chi connectivity index (χ1v) is 34.2. The number of ether oxygens (including phenoxy) is 10. The van der Waals surface area contributed by atoms with Crippen LogP contribution in [-0.2, 0) is 52.2 Å². The van der Waals surface area contributed by atoms with Crippen molar-refractivity contribution >= 4 is 12.0 Å². The molecule has 1 aromatic rings. The maximum atomic E-state index is 13.7. The summed E-state index contributed by atoms with van der Waals surface area (Å²) < 4.78 is 60.8. The third-order valence-electron chi connectivity index (χ3n) is 19.0. The molecule has 94 heavy (non-hydrogen) atoms. The molecule has 5 aliphatic heterocycles. The van der Waals surface area contributed by atoms with Crippen LogP contribution >= 0.6 is 0 Å². The summed E-state index contributed by atoms with van der Waals surface area (Å²) in [5.74, 6) is -2.89. The van der Waals surface area contributed by atoms with Crippen LogP contribution in [0.4, 0.5) is 0 Å². The van der Waals surface area contributed by atoms with Crippen molar-refractivity contribution in [3.63, 3.8) is 0 Å². The van der Waals surface area contributed by atoms with Crippen LogP contribution in [0, 0.1) is 17.8 Å². The summed E-state index contributed by atoms with van der Waals surface area (Å²) in [6.07, 6.45) is -21.2. The lowest BCUT2D eigenvalue weighted by Crippen LogP contribution is -2.67. The molecule has 5 aliphatic rings. The average Bonchev–Trinajstić information content (AvgIpc) is 0.783. The van der Waals surface area contributed by atoms with E-state index in [2.05, 4.69) is 12.2 Å². The van der Waals surface area contributed by atoms with E-state index in [-0.39, 0.29) is 18.7 Å². The largest absolute Gasteiger partial charge is 0.394 e. The van der Waals surface area contributed by atoms with Gasteiger partial charge in [-0.25, -0.2) is 0 Å². The summed E-state index contributed by atoms with van der Waals surface area (Å²) in [6, 6.07) is 8.36. The summed E-state index contributed by atoms with van der Waals surface area (Å²) in [5.41, 5.74) is 0.881. The Balaban J connectivity index is 1.16. The van der Waals surface area contributed by atoms with Gasteiger partial charge in [-0.2, -0.15) is 0 Å². The van der Waals surface area contributed by atoms with Crippen LogP contribution in [0.15, 0.2) is 36.4 Å². The molecule has 0 bridgehead atoms. The second-order valence-electron chi connectivity index (χ2n) is 26.1. The van der Waals surface area contributed by atoms with Crippen molar-refractivity contribution in [2.45, 2.75) is 303 Å². The highest BCUT2D eigenvalue weighted by molar-refractivity contribution is 5.76. The highest BCUT2D eigenvalue weighted by atomic mass is 16.8. The molecule has 0 aromatic heterocycles. The van der Waals surface area contributed by atoms with E-state index < -0.39 is 217 Å². The standard InChI is InChI=1S/C66H113NO27/c1-5-7-8-9-10-11-12-13-14-15-16-17-18-19-23-26-47(75)67-40(49(76)39(6-2)28-27-38-24-21-20-22-25-38)35-85-64-56(83)54(81)60(45(33-71)88-64)93-66-57(84)62(91-48-29-41(73)36(3)58(90-48)50(77)42(74)30-68)61(46(34-72)89-66)94-63-37(4)59(52(79)44(32-70)86-63)92-65-55(82)53(80)51(78)43(31-69)87-65/h20-22,24-25,27-28,36-37,39-46,48-66,68-74,76-84H,5-19,23,26,29-35H2,1-4H3,(H,67,75)/b28-27+/t36-,37?,39-,40+,41-,42-,43?,44?,45?,46?,48?,49-,50-,51+,52+,53+,54-,55?,56?,57?,58?,59-,60-,61+,62-,63+,64-,65+,66+/m1/s1. The fourth-order valence-electron chi connectivity index (χ4n) is 13.0. The van der Waals surface area contributed by atoms with Gasteiger partial charge in [0.1, 0.15) is 97.7 Å². The molecule has 28 heteroatoms. The highest BCUT2D eigenvalue weighted by Gasteiger charge is 2.57. The van der Waals surface area contributed by atoms with Crippen molar-refractivity contribution in [3.05, 3.63) is 42.0 Å². The summed E-state index contributed by atoms with van der Waals surface area (Å²) in [7, 11) is 0. The van der Waals surface area contributed by atoms with Gasteiger partial charge in [0.15, 0.2) is 31.5 Å². The fraction of sp³-hybridized carbons (Fsp3) is 0.864. The number of rotatable bonds is 40. The lowest BCUT2D eigenvalue weighted by Gasteiger charge is -2.51. The number of carbonyl (C=O) groups excluding carboxylic acids is 1. The molecule has 1 aromatic carbocycles. The van der Waals surface area contributed by atoms with Crippen LogP contribution < -0.4 is 5.32 Å². The maximum absolute atomic E-state index is 13.7. The van der Waals surface area contributed by atoms with Crippen molar-refractivity contribution in [1.29, 1.82) is 0 Å². The number of aliphatic hydroxyl groups excluding tert-OH is 16. The predicted octanol–water partition coefficient (Wildman–Crippen LogP) is -0.752. The zero-order valence-electron chi connectivity index (χ0n) is 54.9. The third kappa shape index (κ3) is 22.4. The van der Waals surface area contributed by atoms with Gasteiger partial charge in [0, 0.05) is 30.6 Å². The quantitative estimate of drug-likeness (QED) is 0.0359. The Bertz CT molecular complexity index is 2250. The fourth-order valence-corrected chi connectivity index (χ4v) is 13.0. The van der Waals surface area contributed by atoms with Crippen molar-refractivity contribution < 1.29 is 134 Å². The first-order valence-electron chi connectivity index (χ1n) is 34.2. The van der Waals surface area contributed by atoms with Crippen molar-refractivity contribution in [2.75, 3.05) is 39.6 Å². The molecule has 0 spiro atoms. The van der Waals surface area contributed by atoms with Gasteiger partial charge in [0.2, 0.25) is 5.91 Å². The molecule has 544 valence electrons. The maximum Gasteiger partial charge on any atom is 0.220 e. The van der Waals surface area contributed by atoms with Crippen molar-refractivity contribution in [1.82, 2.24) is 5.32 Å². The number of benzene rings is 1. The smallest absolute Gasteiger partial charge is 0.220 e. The Kier molecular flexibility index (Phi) is 35.2. The van der Waals surface area contributed by atoms with Gasteiger partial charge in [-0.1, -0.05) is 160 Å². The number of hydrogen-bond donors (Lipinski definition) is 17.